The number of halogens is 5. The molecule has 0 aliphatic carbocycles. The number of rotatable bonds is 4. The summed E-state index contributed by atoms with van der Waals surface area (Å²) >= 11 is 5.81. The summed E-state index contributed by atoms with van der Waals surface area (Å²) in [6.07, 6.45) is -5.20. The van der Waals surface area contributed by atoms with Gasteiger partial charge < -0.3 is 14.3 Å². The third-order valence-electron chi connectivity index (χ3n) is 3.71. The third-order valence-corrected chi connectivity index (χ3v) is 4.00. The molecule has 1 unspecified atom stereocenters. The number of hydrogen-bond acceptors (Lipinski definition) is 5. The zero-order chi connectivity index (χ0) is 19.8. The second-order valence-electron chi connectivity index (χ2n) is 5.56. The molecule has 1 aliphatic rings. The minimum Gasteiger partial charge on any atom is -0.484 e. The van der Waals surface area contributed by atoms with Crippen molar-refractivity contribution in [1.82, 2.24) is 5.01 Å². The lowest BCUT2D eigenvalue weighted by atomic mass is 10.1. The summed E-state index contributed by atoms with van der Waals surface area (Å²) in [6.45, 7) is -0.217. The van der Waals surface area contributed by atoms with Crippen molar-refractivity contribution >= 4 is 23.7 Å². The van der Waals surface area contributed by atoms with Crippen LogP contribution in [0.1, 0.15) is 22.7 Å². The number of carbonyl (C=O) groups excluding carboxylic acids is 1. The largest absolute Gasteiger partial charge is 0.484 e. The molecule has 3 rings (SSSR count). The van der Waals surface area contributed by atoms with Crippen LogP contribution in [0.3, 0.4) is 0 Å². The molecule has 27 heavy (non-hydrogen) atoms. The summed E-state index contributed by atoms with van der Waals surface area (Å²) in [5.41, 5.74) is -3.44. The van der Waals surface area contributed by atoms with Gasteiger partial charge in [-0.3, -0.25) is 4.79 Å². The van der Waals surface area contributed by atoms with Crippen LogP contribution in [-0.2, 0) is 6.61 Å². The van der Waals surface area contributed by atoms with Crippen LogP contribution in [0.4, 0.5) is 17.6 Å². The molecule has 1 atom stereocenters. The monoisotopic (exact) mass is 406 g/mol. The molecule has 144 valence electrons. The maximum atomic E-state index is 13.0. The van der Waals surface area contributed by atoms with Crippen LogP contribution in [0.15, 0.2) is 39.9 Å². The van der Waals surface area contributed by atoms with Crippen LogP contribution in [0.5, 0.6) is 5.75 Å². The van der Waals surface area contributed by atoms with Gasteiger partial charge in [-0.1, -0.05) is 11.6 Å². The van der Waals surface area contributed by atoms with Gasteiger partial charge in [0.25, 0.3) is 5.72 Å². The maximum Gasteiger partial charge on any atom is 0.438 e. The molecule has 2 heterocycles. The van der Waals surface area contributed by atoms with Crippen LogP contribution in [0, 0.1) is 5.82 Å². The minimum absolute atomic E-state index is 0.0134. The number of hydrogen-bond donors (Lipinski definition) is 1. The van der Waals surface area contributed by atoms with Gasteiger partial charge in [-0.25, -0.2) is 4.39 Å². The molecular weight excluding hydrogens is 396 g/mol. The summed E-state index contributed by atoms with van der Waals surface area (Å²) < 4.78 is 62.6. The minimum atomic E-state index is -5.10. The third kappa shape index (κ3) is 3.62. The Kier molecular flexibility index (Phi) is 4.87. The van der Waals surface area contributed by atoms with E-state index in [0.717, 1.165) is 24.4 Å². The number of hydrazone groups is 1. The molecule has 1 aliphatic heterocycles. The Morgan fingerprint density at radius 1 is 1.37 bits per heavy atom. The second-order valence-corrected chi connectivity index (χ2v) is 5.97. The van der Waals surface area contributed by atoms with Gasteiger partial charge in [0.1, 0.15) is 23.9 Å². The van der Waals surface area contributed by atoms with E-state index in [1.54, 1.807) is 0 Å². The van der Waals surface area contributed by atoms with Crippen LogP contribution in [0.2, 0.25) is 5.02 Å². The van der Waals surface area contributed by atoms with E-state index in [-0.39, 0.29) is 28.1 Å². The molecule has 1 aromatic heterocycles. The van der Waals surface area contributed by atoms with Crippen LogP contribution >= 0.6 is 11.6 Å². The Morgan fingerprint density at radius 3 is 2.78 bits per heavy atom. The van der Waals surface area contributed by atoms with Crippen molar-refractivity contribution in [1.29, 1.82) is 0 Å². The number of amides is 1. The van der Waals surface area contributed by atoms with Crippen molar-refractivity contribution in [2.24, 2.45) is 5.10 Å². The smallest absolute Gasteiger partial charge is 0.438 e. The van der Waals surface area contributed by atoms with E-state index in [0.29, 0.717) is 0 Å². The number of alkyl halides is 3. The van der Waals surface area contributed by atoms with Crippen LogP contribution in [0.25, 0.3) is 0 Å². The highest BCUT2D eigenvalue weighted by molar-refractivity contribution is 6.32. The van der Waals surface area contributed by atoms with E-state index in [9.17, 15) is 27.5 Å². The average Bonchev–Trinajstić information content (AvgIpc) is 3.20. The van der Waals surface area contributed by atoms with Gasteiger partial charge >= 0.3 is 12.1 Å². The summed E-state index contributed by atoms with van der Waals surface area (Å²) in [5, 5.41) is 13.0. The first-order valence-electron chi connectivity index (χ1n) is 7.44. The van der Waals surface area contributed by atoms with Crippen molar-refractivity contribution in [3.63, 3.8) is 0 Å². The van der Waals surface area contributed by atoms with E-state index in [2.05, 4.69) is 5.10 Å². The normalized spacial score (nSPS) is 19.6. The lowest BCUT2D eigenvalue weighted by molar-refractivity contribution is -0.297. The zero-order valence-electron chi connectivity index (χ0n) is 13.3. The summed E-state index contributed by atoms with van der Waals surface area (Å²) in [6, 6.07) is 5.88. The Morgan fingerprint density at radius 2 is 2.11 bits per heavy atom. The van der Waals surface area contributed by atoms with Gasteiger partial charge in [-0.2, -0.15) is 23.3 Å². The molecule has 1 aromatic carbocycles. The Bertz CT molecular complexity index is 899. The first-order chi connectivity index (χ1) is 12.6. The Hall–Kier alpha value is -2.59. The van der Waals surface area contributed by atoms with Gasteiger partial charge in [0.15, 0.2) is 5.76 Å². The van der Waals surface area contributed by atoms with Crippen molar-refractivity contribution < 1.29 is 36.6 Å². The van der Waals surface area contributed by atoms with Gasteiger partial charge in [-0.15, -0.1) is 0 Å². The molecular formula is C16H11ClF4N2O4. The molecule has 6 nitrogen and oxygen atoms in total. The molecule has 0 bridgehead atoms. The number of benzene rings is 1. The molecule has 2 aromatic rings. The summed E-state index contributed by atoms with van der Waals surface area (Å²) in [4.78, 5) is 12.2. The first kappa shape index (κ1) is 19.2. The second kappa shape index (κ2) is 6.86. The van der Waals surface area contributed by atoms with E-state index < -0.39 is 35.8 Å². The molecule has 0 fully saturated rings. The van der Waals surface area contributed by atoms with E-state index in [1.165, 1.54) is 12.1 Å². The summed E-state index contributed by atoms with van der Waals surface area (Å²) in [5.74, 6) is -2.05. The van der Waals surface area contributed by atoms with Gasteiger partial charge in [-0.05, 0) is 30.3 Å². The molecule has 0 spiro atoms. The first-order valence-corrected chi connectivity index (χ1v) is 7.82. The fraction of sp³-hybridized carbons (Fsp3) is 0.250. The van der Waals surface area contributed by atoms with Gasteiger partial charge in [0.2, 0.25) is 0 Å². The Balaban J connectivity index is 1.72. The van der Waals surface area contributed by atoms with E-state index >= 15 is 0 Å². The predicted molar refractivity (Wildman–Crippen MR) is 84.7 cm³/mol. The predicted octanol–water partition coefficient (Wildman–Crippen LogP) is 3.73. The number of aliphatic hydroxyl groups is 1. The van der Waals surface area contributed by atoms with Crippen molar-refractivity contribution in [3.8, 4) is 5.75 Å². The average molecular weight is 407 g/mol. The van der Waals surface area contributed by atoms with E-state index in [4.69, 9.17) is 20.8 Å². The maximum absolute atomic E-state index is 13.0. The number of ether oxygens (including phenoxy) is 1. The highest BCUT2D eigenvalue weighted by atomic mass is 35.5. The zero-order valence-corrected chi connectivity index (χ0v) is 14.1. The number of carbonyl (C=O) groups is 1. The van der Waals surface area contributed by atoms with Crippen LogP contribution < -0.4 is 4.74 Å². The molecule has 1 N–H and O–H groups in total. The molecule has 0 radical (unpaired) electrons. The topological polar surface area (TPSA) is 75.3 Å². The van der Waals surface area contributed by atoms with E-state index in [1.807, 2.05) is 0 Å². The van der Waals surface area contributed by atoms with Gasteiger partial charge in [0, 0.05) is 12.6 Å². The number of furan rings is 1. The fourth-order valence-corrected chi connectivity index (χ4v) is 2.53. The van der Waals surface area contributed by atoms with Crippen molar-refractivity contribution in [2.75, 3.05) is 0 Å². The SMILES string of the molecule is O=C(c1ccc(COc2ccc(F)cc2Cl)o1)N1N=CCC1(O)C(F)(F)F. The highest BCUT2D eigenvalue weighted by Crippen LogP contribution is 2.39. The fourth-order valence-electron chi connectivity index (χ4n) is 2.30. The quantitative estimate of drug-likeness (QED) is 0.785. The molecule has 0 saturated heterocycles. The van der Waals surface area contributed by atoms with Crippen molar-refractivity contribution in [3.05, 3.63) is 52.7 Å². The Labute approximate surface area is 154 Å². The number of nitrogens with zero attached hydrogens (tertiary/aromatic N) is 2. The van der Waals surface area contributed by atoms with Gasteiger partial charge in [0.05, 0.1) is 5.02 Å². The summed E-state index contributed by atoms with van der Waals surface area (Å²) in [7, 11) is 0. The lowest BCUT2D eigenvalue weighted by Gasteiger charge is -2.31. The molecule has 1 amide bonds. The van der Waals surface area contributed by atoms with Crippen LogP contribution in [-0.4, -0.2) is 34.1 Å². The highest BCUT2D eigenvalue weighted by Gasteiger charge is 2.61. The lowest BCUT2D eigenvalue weighted by Crippen LogP contribution is -2.56. The standard InChI is InChI=1S/C16H11ClF4N2O4/c17-11-7-9(18)1-3-12(11)26-8-10-2-4-13(27-10)14(24)23-15(25,5-6-22-23)16(19,20)21/h1-4,6-7,25H,5,8H2. The molecule has 0 saturated carbocycles. The molecule has 11 heteroatoms. The van der Waals surface area contributed by atoms with Crippen molar-refractivity contribution in [2.45, 2.75) is 24.9 Å².